The molecule has 10 nitrogen and oxygen atoms in total. The molecule has 0 saturated carbocycles. The van der Waals surface area contributed by atoms with E-state index in [1.54, 1.807) is 0 Å². The maximum Gasteiger partial charge on any atom is 0.431 e. The number of aromatic nitrogens is 3. The Bertz CT molecular complexity index is 2020. The zero-order chi connectivity index (χ0) is 33.3. The van der Waals surface area contributed by atoms with Crippen LogP contribution >= 0.6 is 0 Å². The van der Waals surface area contributed by atoms with Crippen molar-refractivity contribution < 1.29 is 45.7 Å². The van der Waals surface area contributed by atoms with Crippen molar-refractivity contribution >= 4 is 22.6 Å². The molecule has 0 aliphatic rings. The van der Waals surface area contributed by atoms with Crippen molar-refractivity contribution in [2.45, 2.75) is 13.1 Å². The number of alkyl halides is 3. The first-order valence-electron chi connectivity index (χ1n) is 13.2. The van der Waals surface area contributed by atoms with E-state index in [4.69, 9.17) is 18.9 Å². The summed E-state index contributed by atoms with van der Waals surface area (Å²) in [6, 6.07) is 9.50. The van der Waals surface area contributed by atoms with E-state index in [1.165, 1.54) is 64.8 Å². The van der Waals surface area contributed by atoms with Gasteiger partial charge >= 0.3 is 6.18 Å². The molecule has 0 fully saturated rings. The Morgan fingerprint density at radius 2 is 1.61 bits per heavy atom. The summed E-state index contributed by atoms with van der Waals surface area (Å²) in [4.78, 5) is 34.8. The molecule has 0 atom stereocenters. The summed E-state index contributed by atoms with van der Waals surface area (Å²) >= 11 is 0. The summed E-state index contributed by atoms with van der Waals surface area (Å²) in [5.41, 5.74) is -3.35. The van der Waals surface area contributed by atoms with Crippen molar-refractivity contribution in [2.24, 2.45) is 0 Å². The number of benzene rings is 2. The Morgan fingerprint density at radius 3 is 2.22 bits per heavy atom. The number of hydrogen-bond acceptors (Lipinski definition) is 8. The predicted octanol–water partition coefficient (Wildman–Crippen LogP) is 6.46. The number of carbonyl (C=O) groups excluding carboxylic acids is 1. The van der Waals surface area contributed by atoms with E-state index in [9.17, 15) is 22.8 Å². The minimum absolute atomic E-state index is 0.0661. The van der Waals surface area contributed by atoms with Crippen molar-refractivity contribution in [3.05, 3.63) is 99.6 Å². The van der Waals surface area contributed by atoms with Crippen LogP contribution in [0.5, 0.6) is 28.9 Å². The summed E-state index contributed by atoms with van der Waals surface area (Å²) < 4.78 is 93.4. The monoisotopic (exact) mass is 642 g/mol. The van der Waals surface area contributed by atoms with Gasteiger partial charge in [-0.15, -0.1) is 0 Å². The Kier molecular flexibility index (Phi) is 8.50. The lowest BCUT2D eigenvalue weighted by Crippen LogP contribution is -2.33. The molecule has 2 aromatic carbocycles. The number of halogens is 5. The lowest BCUT2D eigenvalue weighted by atomic mass is 10.1. The van der Waals surface area contributed by atoms with Gasteiger partial charge in [-0.1, -0.05) is 0 Å². The normalized spacial score (nSPS) is 11.3. The largest absolute Gasteiger partial charge is 0.497 e. The van der Waals surface area contributed by atoms with Gasteiger partial charge in [-0.2, -0.15) is 13.2 Å². The maximum absolute atomic E-state index is 15.2. The first-order valence-corrected chi connectivity index (χ1v) is 13.2. The molecule has 0 aliphatic carbocycles. The van der Waals surface area contributed by atoms with Gasteiger partial charge < -0.3 is 24.3 Å². The molecule has 0 unspecified atom stereocenters. The quantitative estimate of drug-likeness (QED) is 0.192. The van der Waals surface area contributed by atoms with Gasteiger partial charge in [0.05, 0.1) is 32.5 Å². The number of carbonyl (C=O) groups is 1. The number of ether oxygens (including phenoxy) is 4. The highest BCUT2D eigenvalue weighted by molar-refractivity contribution is 6.04. The molecule has 0 saturated heterocycles. The van der Waals surface area contributed by atoms with Crippen LogP contribution < -0.4 is 29.8 Å². The standard InChI is InChI=1S/C31H23F5N4O6/c1-15-11-17(43-2)5-7-22(15)40-25(31(34,35)36)8-6-18(30(40)42)28(41)38-16-12-19(32)27(20(33)13-16)46-23-9-10-37-21-14-24(44-3)29(45-4)39-26(21)23/h5-14H,1-4H3,(H,38,41). The van der Waals surface area contributed by atoms with E-state index < -0.39 is 52.0 Å². The van der Waals surface area contributed by atoms with Gasteiger partial charge in [0.1, 0.15) is 22.5 Å². The number of amides is 1. The molecule has 1 amide bonds. The third-order valence-corrected chi connectivity index (χ3v) is 6.75. The zero-order valence-electron chi connectivity index (χ0n) is 24.5. The topological polar surface area (TPSA) is 114 Å². The molecule has 0 bridgehead atoms. The Morgan fingerprint density at radius 1 is 0.891 bits per heavy atom. The summed E-state index contributed by atoms with van der Waals surface area (Å²) in [5, 5.41) is 2.16. The second-order valence-corrected chi connectivity index (χ2v) is 9.62. The van der Waals surface area contributed by atoms with E-state index in [0.29, 0.717) is 34.6 Å². The van der Waals surface area contributed by atoms with Crippen LogP contribution in [0.1, 0.15) is 21.6 Å². The van der Waals surface area contributed by atoms with Crippen LogP contribution in [0.15, 0.2) is 65.6 Å². The van der Waals surface area contributed by atoms with Crippen LogP contribution in [-0.4, -0.2) is 41.8 Å². The first-order chi connectivity index (χ1) is 21.9. The third-order valence-electron chi connectivity index (χ3n) is 6.75. The van der Waals surface area contributed by atoms with Crippen LogP contribution in [0.4, 0.5) is 27.6 Å². The molecule has 15 heteroatoms. The second kappa shape index (κ2) is 12.3. The van der Waals surface area contributed by atoms with E-state index in [1.807, 2.05) is 0 Å². The predicted molar refractivity (Wildman–Crippen MR) is 155 cm³/mol. The number of rotatable bonds is 8. The number of nitrogens with zero attached hydrogens (tertiary/aromatic N) is 3. The second-order valence-electron chi connectivity index (χ2n) is 9.62. The van der Waals surface area contributed by atoms with Gasteiger partial charge in [-0.25, -0.2) is 13.8 Å². The Labute approximate surface area is 256 Å². The summed E-state index contributed by atoms with van der Waals surface area (Å²) in [6.45, 7) is 1.46. The van der Waals surface area contributed by atoms with Gasteiger partial charge in [-0.05, 0) is 42.8 Å². The third kappa shape index (κ3) is 5.98. The van der Waals surface area contributed by atoms with Crippen LogP contribution in [0.3, 0.4) is 0 Å². The summed E-state index contributed by atoms with van der Waals surface area (Å²) in [7, 11) is 4.11. The van der Waals surface area contributed by atoms with Crippen molar-refractivity contribution in [3.63, 3.8) is 0 Å². The average Bonchev–Trinajstić information content (AvgIpc) is 3.01. The molecule has 3 aromatic heterocycles. The Hall–Kier alpha value is -5.73. The molecule has 0 aliphatic heterocycles. The highest BCUT2D eigenvalue weighted by Gasteiger charge is 2.36. The van der Waals surface area contributed by atoms with Gasteiger partial charge in [0, 0.05) is 36.1 Å². The molecular formula is C31H23F5N4O6. The van der Waals surface area contributed by atoms with Crippen molar-refractivity contribution in [1.29, 1.82) is 0 Å². The fraction of sp³-hybridized carbons (Fsp3) is 0.161. The molecule has 0 radical (unpaired) electrons. The fourth-order valence-corrected chi connectivity index (χ4v) is 4.60. The van der Waals surface area contributed by atoms with Crippen LogP contribution in [0, 0.1) is 18.6 Å². The van der Waals surface area contributed by atoms with Crippen molar-refractivity contribution in [2.75, 3.05) is 26.6 Å². The number of aryl methyl sites for hydroxylation is 1. The average molecular weight is 643 g/mol. The maximum atomic E-state index is 15.2. The smallest absolute Gasteiger partial charge is 0.431 e. The van der Waals surface area contributed by atoms with Crippen LogP contribution in [0.2, 0.25) is 0 Å². The molecule has 238 valence electrons. The van der Waals surface area contributed by atoms with Crippen molar-refractivity contribution in [1.82, 2.24) is 14.5 Å². The highest BCUT2D eigenvalue weighted by atomic mass is 19.4. The molecule has 3 heterocycles. The Balaban J connectivity index is 1.48. The van der Waals surface area contributed by atoms with Crippen LogP contribution in [0.25, 0.3) is 16.7 Å². The minimum Gasteiger partial charge on any atom is -0.497 e. The molecule has 5 aromatic rings. The van der Waals surface area contributed by atoms with E-state index in [0.717, 1.165) is 0 Å². The zero-order valence-corrected chi connectivity index (χ0v) is 24.5. The summed E-state index contributed by atoms with van der Waals surface area (Å²) in [6.07, 6.45) is -3.64. The van der Waals surface area contributed by atoms with Gasteiger partial charge in [0.2, 0.25) is 0 Å². The highest BCUT2D eigenvalue weighted by Crippen LogP contribution is 2.37. The van der Waals surface area contributed by atoms with E-state index >= 15 is 8.78 Å². The van der Waals surface area contributed by atoms with Gasteiger partial charge in [0.15, 0.2) is 28.9 Å². The van der Waals surface area contributed by atoms with E-state index in [-0.39, 0.29) is 39.7 Å². The number of hydrogen-bond donors (Lipinski definition) is 1. The SMILES string of the molecule is COc1ccc(-n2c(C(F)(F)F)ccc(C(=O)Nc3cc(F)c(Oc4ccnc5cc(OC)c(OC)nc45)c(F)c3)c2=O)c(C)c1. The molecule has 0 spiro atoms. The molecular weight excluding hydrogens is 619 g/mol. The fourth-order valence-electron chi connectivity index (χ4n) is 4.60. The van der Waals surface area contributed by atoms with Gasteiger partial charge in [0.25, 0.3) is 17.3 Å². The number of pyridine rings is 3. The summed E-state index contributed by atoms with van der Waals surface area (Å²) in [5.74, 6) is -3.99. The van der Waals surface area contributed by atoms with E-state index in [2.05, 4.69) is 15.3 Å². The number of nitrogens with one attached hydrogen (secondary N) is 1. The number of fused-ring (bicyclic) bond motifs is 1. The first kappa shape index (κ1) is 31.7. The number of anilines is 1. The molecule has 1 N–H and O–H groups in total. The lowest BCUT2D eigenvalue weighted by Gasteiger charge is -2.19. The molecule has 5 rings (SSSR count). The lowest BCUT2D eigenvalue weighted by molar-refractivity contribution is -0.142. The number of methoxy groups -OCH3 is 3. The van der Waals surface area contributed by atoms with Crippen molar-refractivity contribution in [3.8, 4) is 34.6 Å². The minimum atomic E-state index is -4.96. The van der Waals surface area contributed by atoms with Gasteiger partial charge in [-0.3, -0.25) is 19.1 Å². The molecule has 46 heavy (non-hydrogen) atoms. The van der Waals surface area contributed by atoms with Crippen LogP contribution in [-0.2, 0) is 6.18 Å².